The Morgan fingerprint density at radius 2 is 1.94 bits per heavy atom. The molecule has 1 unspecified atom stereocenters. The molecule has 1 rings (SSSR count). The van der Waals surface area contributed by atoms with Gasteiger partial charge in [-0.3, -0.25) is 4.57 Å². The number of anilines is 1. The summed E-state index contributed by atoms with van der Waals surface area (Å²) in [5, 5.41) is 11.6. The zero-order valence-electron chi connectivity index (χ0n) is 11.6. The van der Waals surface area contributed by atoms with Crippen molar-refractivity contribution in [2.24, 2.45) is 11.1 Å². The average molecular weight is 239 g/mol. The Labute approximate surface area is 104 Å². The van der Waals surface area contributed by atoms with Crippen molar-refractivity contribution in [3.8, 4) is 0 Å². The topological polar surface area (TPSA) is 68.8 Å². The quantitative estimate of drug-likeness (QED) is 0.819. The predicted molar refractivity (Wildman–Crippen MR) is 71.0 cm³/mol. The molecule has 1 aromatic rings. The van der Waals surface area contributed by atoms with E-state index in [1.807, 2.05) is 0 Å². The Morgan fingerprint density at radius 1 is 1.29 bits per heavy atom. The van der Waals surface area contributed by atoms with Gasteiger partial charge in [-0.25, -0.2) is 0 Å². The highest BCUT2D eigenvalue weighted by Gasteiger charge is 2.23. The summed E-state index contributed by atoms with van der Waals surface area (Å²) in [5.74, 6) is 1.80. The van der Waals surface area contributed by atoms with E-state index in [-0.39, 0.29) is 11.5 Å². The summed E-state index contributed by atoms with van der Waals surface area (Å²) in [5.41, 5.74) is 6.27. The Bertz CT molecular complexity index is 350. The average Bonchev–Trinajstić information content (AvgIpc) is 2.60. The molecule has 0 bridgehead atoms. The fraction of sp³-hybridized carbons (Fsp3) is 0.833. The van der Waals surface area contributed by atoms with Gasteiger partial charge >= 0.3 is 0 Å². The maximum Gasteiger partial charge on any atom is 0.224 e. The van der Waals surface area contributed by atoms with Crippen molar-refractivity contribution in [2.45, 2.75) is 53.6 Å². The first-order valence-electron chi connectivity index (χ1n) is 6.31. The molecule has 1 atom stereocenters. The van der Waals surface area contributed by atoms with Crippen molar-refractivity contribution < 1.29 is 0 Å². The smallest absolute Gasteiger partial charge is 0.224 e. The summed E-state index contributed by atoms with van der Waals surface area (Å²) >= 11 is 0. The number of aromatic nitrogens is 3. The van der Waals surface area contributed by atoms with E-state index < -0.39 is 0 Å². The number of nitrogens with zero attached hydrogens (tertiary/aromatic N) is 3. The largest absolute Gasteiger partial charge is 0.355 e. The van der Waals surface area contributed by atoms with E-state index in [4.69, 9.17) is 5.73 Å². The number of nitrogens with one attached hydrogen (secondary N) is 1. The van der Waals surface area contributed by atoms with Crippen LogP contribution in [0.5, 0.6) is 0 Å². The third kappa shape index (κ3) is 3.43. The third-order valence-electron chi connectivity index (χ3n) is 2.99. The highest BCUT2D eigenvalue weighted by atomic mass is 15.3. The van der Waals surface area contributed by atoms with E-state index in [0.29, 0.717) is 0 Å². The molecule has 5 heteroatoms. The van der Waals surface area contributed by atoms with Crippen molar-refractivity contribution >= 4 is 5.95 Å². The van der Waals surface area contributed by atoms with Gasteiger partial charge in [0.05, 0.1) is 0 Å². The molecule has 0 saturated heterocycles. The molecule has 0 fully saturated rings. The number of hydrogen-bond acceptors (Lipinski definition) is 4. The molecule has 1 aromatic heterocycles. The van der Waals surface area contributed by atoms with Gasteiger partial charge < -0.3 is 11.1 Å². The van der Waals surface area contributed by atoms with Crippen LogP contribution < -0.4 is 11.1 Å². The van der Waals surface area contributed by atoms with E-state index in [1.165, 1.54) is 0 Å². The van der Waals surface area contributed by atoms with Crippen molar-refractivity contribution in [1.29, 1.82) is 0 Å². The molecule has 0 amide bonds. The van der Waals surface area contributed by atoms with Crippen molar-refractivity contribution in [2.75, 3.05) is 11.9 Å². The van der Waals surface area contributed by atoms with Gasteiger partial charge in [0, 0.05) is 25.6 Å². The van der Waals surface area contributed by atoms with E-state index in [0.717, 1.165) is 31.3 Å². The number of nitrogens with two attached hydrogens (primary N) is 1. The highest BCUT2D eigenvalue weighted by molar-refractivity contribution is 5.25. The summed E-state index contributed by atoms with van der Waals surface area (Å²) in [6, 6.07) is 0.0893. The molecule has 0 aliphatic heterocycles. The van der Waals surface area contributed by atoms with E-state index >= 15 is 0 Å². The van der Waals surface area contributed by atoms with Crippen LogP contribution in [0.3, 0.4) is 0 Å². The molecule has 0 aromatic carbocycles. The van der Waals surface area contributed by atoms with Gasteiger partial charge in [-0.1, -0.05) is 20.8 Å². The van der Waals surface area contributed by atoms with Crippen LogP contribution in [-0.4, -0.2) is 27.4 Å². The molecule has 0 saturated carbocycles. The lowest BCUT2D eigenvalue weighted by molar-refractivity contribution is 0.312. The summed E-state index contributed by atoms with van der Waals surface area (Å²) < 4.78 is 2.09. The molecule has 17 heavy (non-hydrogen) atoms. The molecular weight excluding hydrogens is 214 g/mol. The van der Waals surface area contributed by atoms with Crippen molar-refractivity contribution in [1.82, 2.24) is 14.8 Å². The van der Waals surface area contributed by atoms with Gasteiger partial charge in [-0.15, -0.1) is 10.2 Å². The van der Waals surface area contributed by atoms with E-state index in [1.54, 1.807) is 0 Å². The number of rotatable bonds is 5. The van der Waals surface area contributed by atoms with Gasteiger partial charge in [-0.05, 0) is 19.3 Å². The second kappa shape index (κ2) is 5.49. The lowest BCUT2D eigenvalue weighted by atomic mass is 9.85. The van der Waals surface area contributed by atoms with Gasteiger partial charge in [0.1, 0.15) is 5.82 Å². The van der Waals surface area contributed by atoms with Crippen LogP contribution in [0.15, 0.2) is 0 Å². The molecule has 98 valence electrons. The summed E-state index contributed by atoms with van der Waals surface area (Å²) in [6.45, 7) is 12.3. The molecule has 0 radical (unpaired) electrons. The second-order valence-electron chi connectivity index (χ2n) is 5.39. The highest BCUT2D eigenvalue weighted by Crippen LogP contribution is 2.21. The summed E-state index contributed by atoms with van der Waals surface area (Å²) in [4.78, 5) is 0. The normalized spacial score (nSPS) is 13.8. The zero-order chi connectivity index (χ0) is 13.1. The zero-order valence-corrected chi connectivity index (χ0v) is 11.6. The fourth-order valence-corrected chi connectivity index (χ4v) is 1.61. The molecular formula is C12H25N5. The van der Waals surface area contributed by atoms with Crippen LogP contribution in [0.2, 0.25) is 0 Å². The molecule has 0 aliphatic carbocycles. The minimum atomic E-state index is 0.0862. The van der Waals surface area contributed by atoms with Gasteiger partial charge in [0.15, 0.2) is 0 Å². The van der Waals surface area contributed by atoms with Crippen LogP contribution in [0.1, 0.15) is 40.4 Å². The standard InChI is InChI=1S/C12H25N5/c1-6-14-11-16-15-10(17(11)7-2)8-9(13)12(3,4)5/h9H,6-8,13H2,1-5H3,(H,14,16). The Kier molecular flexibility index (Phi) is 4.51. The minimum absolute atomic E-state index is 0.0862. The predicted octanol–water partition coefficient (Wildman–Crippen LogP) is 1.65. The van der Waals surface area contributed by atoms with Crippen molar-refractivity contribution in [3.05, 3.63) is 5.82 Å². The summed E-state index contributed by atoms with van der Waals surface area (Å²) in [7, 11) is 0. The van der Waals surface area contributed by atoms with Crippen molar-refractivity contribution in [3.63, 3.8) is 0 Å². The molecule has 0 spiro atoms. The Morgan fingerprint density at radius 3 is 2.41 bits per heavy atom. The van der Waals surface area contributed by atoms with E-state index in [2.05, 4.69) is 54.7 Å². The van der Waals surface area contributed by atoms with Crippen LogP contribution in [-0.2, 0) is 13.0 Å². The van der Waals surface area contributed by atoms with Gasteiger partial charge in [0.25, 0.3) is 0 Å². The maximum atomic E-state index is 6.19. The molecule has 0 aliphatic rings. The van der Waals surface area contributed by atoms with Crippen LogP contribution in [0.25, 0.3) is 0 Å². The molecule has 3 N–H and O–H groups in total. The monoisotopic (exact) mass is 239 g/mol. The second-order valence-corrected chi connectivity index (χ2v) is 5.39. The lowest BCUT2D eigenvalue weighted by Crippen LogP contribution is -2.37. The lowest BCUT2D eigenvalue weighted by Gasteiger charge is -2.26. The van der Waals surface area contributed by atoms with Crippen LogP contribution in [0.4, 0.5) is 5.95 Å². The first-order valence-corrected chi connectivity index (χ1v) is 6.31. The van der Waals surface area contributed by atoms with Gasteiger partial charge in [-0.2, -0.15) is 0 Å². The molecule has 5 nitrogen and oxygen atoms in total. The number of hydrogen-bond donors (Lipinski definition) is 2. The maximum absolute atomic E-state index is 6.19. The minimum Gasteiger partial charge on any atom is -0.355 e. The first-order chi connectivity index (χ1) is 7.90. The Balaban J connectivity index is 2.84. The van der Waals surface area contributed by atoms with Crippen LogP contribution >= 0.6 is 0 Å². The summed E-state index contributed by atoms with van der Waals surface area (Å²) in [6.07, 6.45) is 0.760. The van der Waals surface area contributed by atoms with E-state index in [9.17, 15) is 0 Å². The SMILES string of the molecule is CCNc1nnc(CC(N)C(C)(C)C)n1CC. The van der Waals surface area contributed by atoms with Crippen LogP contribution in [0, 0.1) is 5.41 Å². The fourth-order valence-electron chi connectivity index (χ4n) is 1.61. The van der Waals surface area contributed by atoms with Gasteiger partial charge in [0.2, 0.25) is 5.95 Å². The Hall–Kier alpha value is -1.10. The third-order valence-corrected chi connectivity index (χ3v) is 2.99. The molecule has 1 heterocycles. The first kappa shape index (κ1) is 14.0.